The standard InChI is InChI=1S/C16H15ClN2O4S/c1-24(22,23)14-4-2-3-12(10-14)16(21)19-18-15(20)9-11-5-7-13(17)8-6-11/h2-8,10H,9H2,1H3,(H,18,20)(H,19,21). The van der Waals surface area contributed by atoms with Crippen LogP contribution in [0.15, 0.2) is 53.4 Å². The van der Waals surface area contributed by atoms with Crippen LogP contribution in [-0.4, -0.2) is 26.5 Å². The maximum absolute atomic E-state index is 12.0. The van der Waals surface area contributed by atoms with E-state index in [1.165, 1.54) is 24.3 Å². The van der Waals surface area contributed by atoms with Crippen LogP contribution in [0.25, 0.3) is 0 Å². The van der Waals surface area contributed by atoms with E-state index in [9.17, 15) is 18.0 Å². The summed E-state index contributed by atoms with van der Waals surface area (Å²) in [7, 11) is -3.41. The van der Waals surface area contributed by atoms with E-state index in [1.54, 1.807) is 24.3 Å². The number of nitrogens with one attached hydrogen (secondary N) is 2. The van der Waals surface area contributed by atoms with Gasteiger partial charge in [-0.25, -0.2) is 8.42 Å². The lowest BCUT2D eigenvalue weighted by molar-refractivity contribution is -0.121. The third-order valence-corrected chi connectivity index (χ3v) is 4.48. The molecule has 0 aromatic heterocycles. The molecule has 126 valence electrons. The molecule has 0 bridgehead atoms. The molecule has 2 amide bonds. The minimum atomic E-state index is -3.41. The number of carbonyl (C=O) groups excluding carboxylic acids is 2. The van der Waals surface area contributed by atoms with E-state index in [0.717, 1.165) is 11.8 Å². The first-order chi connectivity index (χ1) is 11.3. The van der Waals surface area contributed by atoms with Crippen LogP contribution >= 0.6 is 11.6 Å². The summed E-state index contributed by atoms with van der Waals surface area (Å²) in [4.78, 5) is 23.8. The van der Waals surface area contributed by atoms with Gasteiger partial charge in [-0.15, -0.1) is 0 Å². The Morgan fingerprint density at radius 3 is 2.33 bits per heavy atom. The van der Waals surface area contributed by atoms with Gasteiger partial charge in [-0.2, -0.15) is 0 Å². The van der Waals surface area contributed by atoms with Gasteiger partial charge in [0.1, 0.15) is 0 Å². The zero-order valence-electron chi connectivity index (χ0n) is 12.7. The van der Waals surface area contributed by atoms with E-state index in [4.69, 9.17) is 11.6 Å². The number of hydrazine groups is 1. The van der Waals surface area contributed by atoms with E-state index < -0.39 is 21.7 Å². The first kappa shape index (κ1) is 18.0. The maximum Gasteiger partial charge on any atom is 0.269 e. The van der Waals surface area contributed by atoms with Gasteiger partial charge in [-0.3, -0.25) is 20.4 Å². The van der Waals surface area contributed by atoms with Crippen molar-refractivity contribution in [2.75, 3.05) is 6.26 Å². The molecule has 2 N–H and O–H groups in total. The summed E-state index contributed by atoms with van der Waals surface area (Å²) < 4.78 is 23.0. The number of amides is 2. The molecule has 0 heterocycles. The molecule has 0 unspecified atom stereocenters. The molecule has 6 nitrogen and oxygen atoms in total. The van der Waals surface area contributed by atoms with Gasteiger partial charge in [-0.1, -0.05) is 29.8 Å². The predicted molar refractivity (Wildman–Crippen MR) is 90.3 cm³/mol. The minimum absolute atomic E-state index is 0.0302. The van der Waals surface area contributed by atoms with Crippen molar-refractivity contribution in [2.24, 2.45) is 0 Å². The Bertz CT molecular complexity index is 864. The third kappa shape index (κ3) is 5.07. The molecule has 0 aliphatic heterocycles. The van der Waals surface area contributed by atoms with Crippen molar-refractivity contribution in [3.8, 4) is 0 Å². The second kappa shape index (κ2) is 7.46. The second-order valence-electron chi connectivity index (χ2n) is 5.11. The number of halogens is 1. The average molecular weight is 367 g/mol. The molecule has 0 spiro atoms. The van der Waals surface area contributed by atoms with Crippen LogP contribution in [0, 0.1) is 0 Å². The molecule has 0 radical (unpaired) electrons. The average Bonchev–Trinajstić information content (AvgIpc) is 2.54. The normalized spacial score (nSPS) is 10.9. The lowest BCUT2D eigenvalue weighted by Crippen LogP contribution is -2.42. The van der Waals surface area contributed by atoms with Crippen molar-refractivity contribution in [3.05, 3.63) is 64.7 Å². The Morgan fingerprint density at radius 1 is 1.04 bits per heavy atom. The summed E-state index contributed by atoms with van der Waals surface area (Å²) in [5.41, 5.74) is 5.40. The van der Waals surface area contributed by atoms with Crippen LogP contribution in [0.3, 0.4) is 0 Å². The van der Waals surface area contributed by atoms with Crippen LogP contribution < -0.4 is 10.9 Å². The zero-order chi connectivity index (χ0) is 17.7. The molecular weight excluding hydrogens is 352 g/mol. The first-order valence-electron chi connectivity index (χ1n) is 6.89. The quantitative estimate of drug-likeness (QED) is 0.806. The molecule has 0 atom stereocenters. The van der Waals surface area contributed by atoms with Gasteiger partial charge in [0.25, 0.3) is 5.91 Å². The fourth-order valence-electron chi connectivity index (χ4n) is 1.90. The lowest BCUT2D eigenvalue weighted by Gasteiger charge is -2.08. The predicted octanol–water partition coefficient (Wildman–Crippen LogP) is 1.75. The molecule has 0 aliphatic rings. The van der Waals surface area contributed by atoms with Gasteiger partial charge in [0.2, 0.25) is 5.91 Å². The van der Waals surface area contributed by atoms with E-state index in [0.29, 0.717) is 5.02 Å². The van der Waals surface area contributed by atoms with Gasteiger partial charge < -0.3 is 0 Å². The van der Waals surface area contributed by atoms with Crippen LogP contribution in [-0.2, 0) is 21.1 Å². The van der Waals surface area contributed by atoms with Crippen molar-refractivity contribution in [1.82, 2.24) is 10.9 Å². The fourth-order valence-corrected chi connectivity index (χ4v) is 2.69. The second-order valence-corrected chi connectivity index (χ2v) is 7.56. The van der Waals surface area contributed by atoms with Gasteiger partial charge >= 0.3 is 0 Å². The Kier molecular flexibility index (Phi) is 5.58. The Hall–Kier alpha value is -2.38. The highest BCUT2D eigenvalue weighted by Crippen LogP contribution is 2.11. The van der Waals surface area contributed by atoms with Crippen LogP contribution in [0.5, 0.6) is 0 Å². The molecular formula is C16H15ClN2O4S. The largest absolute Gasteiger partial charge is 0.273 e. The van der Waals surface area contributed by atoms with Gasteiger partial charge in [0.15, 0.2) is 9.84 Å². The van der Waals surface area contributed by atoms with E-state index in [-0.39, 0.29) is 16.9 Å². The van der Waals surface area contributed by atoms with Crippen molar-refractivity contribution in [3.63, 3.8) is 0 Å². The molecule has 2 aromatic carbocycles. The van der Waals surface area contributed by atoms with Gasteiger partial charge in [0, 0.05) is 16.8 Å². The fraction of sp³-hybridized carbons (Fsp3) is 0.125. The van der Waals surface area contributed by atoms with Gasteiger partial charge in [-0.05, 0) is 35.9 Å². The third-order valence-electron chi connectivity index (χ3n) is 3.12. The van der Waals surface area contributed by atoms with E-state index in [2.05, 4.69) is 10.9 Å². The summed E-state index contributed by atoms with van der Waals surface area (Å²) in [6.45, 7) is 0. The molecule has 24 heavy (non-hydrogen) atoms. The lowest BCUT2D eigenvalue weighted by atomic mass is 10.1. The Labute approximate surface area is 144 Å². The van der Waals surface area contributed by atoms with Crippen molar-refractivity contribution in [2.45, 2.75) is 11.3 Å². The number of carbonyl (C=O) groups is 2. The van der Waals surface area contributed by atoms with Crippen LogP contribution in [0.1, 0.15) is 15.9 Å². The van der Waals surface area contributed by atoms with Crippen molar-refractivity contribution in [1.29, 1.82) is 0 Å². The highest BCUT2D eigenvalue weighted by molar-refractivity contribution is 7.90. The number of hydrogen-bond donors (Lipinski definition) is 2. The Balaban J connectivity index is 1.95. The minimum Gasteiger partial charge on any atom is -0.273 e. The SMILES string of the molecule is CS(=O)(=O)c1cccc(C(=O)NNC(=O)Cc2ccc(Cl)cc2)c1. The smallest absolute Gasteiger partial charge is 0.269 e. The van der Waals surface area contributed by atoms with Crippen molar-refractivity contribution >= 4 is 33.3 Å². The molecule has 0 saturated carbocycles. The number of sulfone groups is 1. The highest BCUT2D eigenvalue weighted by atomic mass is 35.5. The summed E-state index contributed by atoms with van der Waals surface area (Å²) in [6, 6.07) is 12.3. The molecule has 0 saturated heterocycles. The molecule has 0 fully saturated rings. The monoisotopic (exact) mass is 366 g/mol. The van der Waals surface area contributed by atoms with Gasteiger partial charge in [0.05, 0.1) is 11.3 Å². The van der Waals surface area contributed by atoms with E-state index >= 15 is 0 Å². The molecule has 2 aromatic rings. The number of rotatable bonds is 4. The maximum atomic E-state index is 12.0. The molecule has 0 aliphatic carbocycles. The topological polar surface area (TPSA) is 92.3 Å². The van der Waals surface area contributed by atoms with Crippen molar-refractivity contribution < 1.29 is 18.0 Å². The first-order valence-corrected chi connectivity index (χ1v) is 9.16. The number of hydrogen-bond acceptors (Lipinski definition) is 4. The Morgan fingerprint density at radius 2 is 1.71 bits per heavy atom. The zero-order valence-corrected chi connectivity index (χ0v) is 14.3. The summed E-state index contributed by atoms with van der Waals surface area (Å²) in [5.74, 6) is -1.02. The highest BCUT2D eigenvalue weighted by Gasteiger charge is 2.12. The van der Waals surface area contributed by atoms with Crippen LogP contribution in [0.4, 0.5) is 0 Å². The molecule has 8 heteroatoms. The summed E-state index contributed by atoms with van der Waals surface area (Å²) in [6.07, 6.45) is 1.12. The summed E-state index contributed by atoms with van der Waals surface area (Å²) >= 11 is 5.76. The van der Waals surface area contributed by atoms with E-state index in [1.807, 2.05) is 0 Å². The summed E-state index contributed by atoms with van der Waals surface area (Å²) in [5, 5.41) is 0.568. The number of benzene rings is 2. The molecule has 2 rings (SSSR count). The van der Waals surface area contributed by atoms with Crippen LogP contribution in [0.2, 0.25) is 5.02 Å².